The van der Waals surface area contributed by atoms with E-state index in [-0.39, 0.29) is 0 Å². The van der Waals surface area contributed by atoms with Crippen molar-refractivity contribution in [3.05, 3.63) is 24.5 Å². The van der Waals surface area contributed by atoms with Gasteiger partial charge in [0.1, 0.15) is 0 Å². The van der Waals surface area contributed by atoms with E-state index >= 15 is 0 Å². The van der Waals surface area contributed by atoms with E-state index in [1.807, 2.05) is 12.1 Å². The standard InChI is InChI=1S/C9H13NOS/c1-9(2,11)7-12-8-4-3-5-10-6-8/h3-6,11H,7H2,1-2H3. The fourth-order valence-electron chi connectivity index (χ4n) is 0.692. The van der Waals surface area contributed by atoms with Gasteiger partial charge in [0.2, 0.25) is 0 Å². The summed E-state index contributed by atoms with van der Waals surface area (Å²) in [6, 6.07) is 3.89. The van der Waals surface area contributed by atoms with Crippen molar-refractivity contribution in [3.8, 4) is 0 Å². The highest BCUT2D eigenvalue weighted by Gasteiger charge is 2.12. The number of rotatable bonds is 3. The van der Waals surface area contributed by atoms with Gasteiger partial charge in [0.25, 0.3) is 0 Å². The van der Waals surface area contributed by atoms with Crippen LogP contribution in [0.4, 0.5) is 0 Å². The minimum Gasteiger partial charge on any atom is -0.390 e. The summed E-state index contributed by atoms with van der Waals surface area (Å²) in [5, 5.41) is 9.44. The fraction of sp³-hybridized carbons (Fsp3) is 0.444. The average Bonchev–Trinajstić information content (AvgIpc) is 2.02. The Kier molecular flexibility index (Phi) is 3.12. The van der Waals surface area contributed by atoms with E-state index in [9.17, 15) is 5.11 Å². The summed E-state index contributed by atoms with van der Waals surface area (Å²) in [4.78, 5) is 5.08. The van der Waals surface area contributed by atoms with Crippen LogP contribution in [0.1, 0.15) is 13.8 Å². The number of hydrogen-bond donors (Lipinski definition) is 1. The zero-order chi connectivity index (χ0) is 9.03. The minimum atomic E-state index is -0.611. The Labute approximate surface area is 77.0 Å². The van der Waals surface area contributed by atoms with Crippen LogP contribution < -0.4 is 0 Å². The summed E-state index contributed by atoms with van der Waals surface area (Å²) in [5.74, 6) is 0.693. The van der Waals surface area contributed by atoms with Crippen LogP contribution in [0.3, 0.4) is 0 Å². The summed E-state index contributed by atoms with van der Waals surface area (Å²) in [6.45, 7) is 3.60. The second-order valence-electron chi connectivity index (χ2n) is 3.29. The van der Waals surface area contributed by atoms with E-state index in [1.54, 1.807) is 38.0 Å². The molecule has 1 heterocycles. The van der Waals surface area contributed by atoms with Gasteiger partial charge >= 0.3 is 0 Å². The molecule has 2 nitrogen and oxygen atoms in total. The van der Waals surface area contributed by atoms with Crippen LogP contribution >= 0.6 is 11.8 Å². The van der Waals surface area contributed by atoms with Crippen LogP contribution in [0, 0.1) is 0 Å². The van der Waals surface area contributed by atoms with Crippen molar-refractivity contribution < 1.29 is 5.11 Å². The number of pyridine rings is 1. The Bertz CT molecular complexity index is 230. The first-order valence-electron chi connectivity index (χ1n) is 3.83. The summed E-state index contributed by atoms with van der Waals surface area (Å²) >= 11 is 1.61. The molecule has 12 heavy (non-hydrogen) atoms. The molecule has 0 saturated carbocycles. The van der Waals surface area contributed by atoms with Crippen LogP contribution in [0.5, 0.6) is 0 Å². The molecule has 1 aromatic rings. The van der Waals surface area contributed by atoms with Gasteiger partial charge in [-0.2, -0.15) is 0 Å². The monoisotopic (exact) mass is 183 g/mol. The molecular formula is C9H13NOS. The molecule has 0 fully saturated rings. The highest BCUT2D eigenvalue weighted by molar-refractivity contribution is 7.99. The Morgan fingerprint density at radius 1 is 1.58 bits per heavy atom. The SMILES string of the molecule is CC(C)(O)CSc1cccnc1. The van der Waals surface area contributed by atoms with Crippen LogP contribution in [-0.4, -0.2) is 21.4 Å². The third kappa shape index (κ3) is 3.74. The van der Waals surface area contributed by atoms with Gasteiger partial charge < -0.3 is 5.11 Å². The number of hydrogen-bond acceptors (Lipinski definition) is 3. The smallest absolute Gasteiger partial charge is 0.0685 e. The molecule has 0 saturated heterocycles. The molecule has 0 unspecified atom stereocenters. The lowest BCUT2D eigenvalue weighted by molar-refractivity contribution is 0.107. The summed E-state index contributed by atoms with van der Waals surface area (Å²) in [5.41, 5.74) is -0.611. The molecule has 1 rings (SSSR count). The molecule has 0 atom stereocenters. The molecule has 0 amide bonds. The average molecular weight is 183 g/mol. The fourth-order valence-corrected chi connectivity index (χ4v) is 1.52. The number of nitrogens with zero attached hydrogens (tertiary/aromatic N) is 1. The second kappa shape index (κ2) is 3.92. The van der Waals surface area contributed by atoms with Crippen molar-refractivity contribution in [1.82, 2.24) is 4.98 Å². The first-order valence-corrected chi connectivity index (χ1v) is 4.82. The quantitative estimate of drug-likeness (QED) is 0.727. The molecule has 0 radical (unpaired) electrons. The second-order valence-corrected chi connectivity index (χ2v) is 4.34. The van der Waals surface area contributed by atoms with E-state index in [4.69, 9.17) is 0 Å². The topological polar surface area (TPSA) is 33.1 Å². The molecule has 3 heteroatoms. The molecule has 0 aliphatic rings. The van der Waals surface area contributed by atoms with Gasteiger partial charge in [-0.15, -0.1) is 11.8 Å². The van der Waals surface area contributed by atoms with Crippen LogP contribution in [0.25, 0.3) is 0 Å². The number of aromatic nitrogens is 1. The van der Waals surface area contributed by atoms with Crippen molar-refractivity contribution in [1.29, 1.82) is 0 Å². The third-order valence-electron chi connectivity index (χ3n) is 1.23. The molecule has 1 N–H and O–H groups in total. The van der Waals surface area contributed by atoms with Gasteiger partial charge in [-0.25, -0.2) is 0 Å². The Morgan fingerprint density at radius 3 is 2.83 bits per heavy atom. The number of thioether (sulfide) groups is 1. The van der Waals surface area contributed by atoms with Gasteiger partial charge in [0.05, 0.1) is 5.60 Å². The van der Waals surface area contributed by atoms with E-state index in [0.29, 0.717) is 5.75 Å². The maximum absolute atomic E-state index is 9.44. The highest BCUT2D eigenvalue weighted by atomic mass is 32.2. The molecule has 66 valence electrons. The molecule has 0 spiro atoms. The molecule has 0 bridgehead atoms. The highest BCUT2D eigenvalue weighted by Crippen LogP contribution is 2.20. The zero-order valence-electron chi connectivity index (χ0n) is 7.32. The van der Waals surface area contributed by atoms with E-state index in [0.717, 1.165) is 4.90 Å². The van der Waals surface area contributed by atoms with Gasteiger partial charge in [-0.1, -0.05) is 0 Å². The van der Waals surface area contributed by atoms with Crippen molar-refractivity contribution in [3.63, 3.8) is 0 Å². The van der Waals surface area contributed by atoms with E-state index in [2.05, 4.69) is 4.98 Å². The molecule has 0 aromatic carbocycles. The zero-order valence-corrected chi connectivity index (χ0v) is 8.14. The lowest BCUT2D eigenvalue weighted by Gasteiger charge is -2.15. The van der Waals surface area contributed by atoms with Gasteiger partial charge in [-0.3, -0.25) is 4.98 Å². The summed E-state index contributed by atoms with van der Waals surface area (Å²) < 4.78 is 0. The van der Waals surface area contributed by atoms with E-state index in [1.165, 1.54) is 0 Å². The summed E-state index contributed by atoms with van der Waals surface area (Å²) in [6.07, 6.45) is 3.55. The summed E-state index contributed by atoms with van der Waals surface area (Å²) in [7, 11) is 0. The predicted octanol–water partition coefficient (Wildman–Crippen LogP) is 1.94. The normalized spacial score (nSPS) is 11.6. The first-order chi connectivity index (χ1) is 5.58. The molecule has 0 aliphatic heterocycles. The largest absolute Gasteiger partial charge is 0.390 e. The van der Waals surface area contributed by atoms with Gasteiger partial charge in [0, 0.05) is 23.0 Å². The Balaban J connectivity index is 2.44. The Morgan fingerprint density at radius 2 is 2.33 bits per heavy atom. The first kappa shape index (κ1) is 9.55. The van der Waals surface area contributed by atoms with Crippen molar-refractivity contribution in [2.24, 2.45) is 0 Å². The number of aliphatic hydroxyl groups is 1. The lowest BCUT2D eigenvalue weighted by Crippen LogP contribution is -2.21. The molecule has 0 aliphatic carbocycles. The molecular weight excluding hydrogens is 170 g/mol. The minimum absolute atomic E-state index is 0.611. The molecule has 1 aromatic heterocycles. The Hall–Kier alpha value is -0.540. The van der Waals surface area contributed by atoms with Crippen molar-refractivity contribution in [2.75, 3.05) is 5.75 Å². The maximum Gasteiger partial charge on any atom is 0.0685 e. The van der Waals surface area contributed by atoms with Crippen LogP contribution in [-0.2, 0) is 0 Å². The van der Waals surface area contributed by atoms with Crippen molar-refractivity contribution >= 4 is 11.8 Å². The maximum atomic E-state index is 9.44. The third-order valence-corrected chi connectivity index (χ3v) is 2.65. The van der Waals surface area contributed by atoms with Crippen LogP contribution in [0.15, 0.2) is 29.4 Å². The predicted molar refractivity (Wildman–Crippen MR) is 51.3 cm³/mol. The van der Waals surface area contributed by atoms with E-state index < -0.39 is 5.60 Å². The lowest BCUT2D eigenvalue weighted by atomic mass is 10.2. The van der Waals surface area contributed by atoms with Crippen LogP contribution in [0.2, 0.25) is 0 Å². The van der Waals surface area contributed by atoms with Gasteiger partial charge in [-0.05, 0) is 26.0 Å². The van der Waals surface area contributed by atoms with Gasteiger partial charge in [0.15, 0.2) is 0 Å². The van der Waals surface area contributed by atoms with Crippen molar-refractivity contribution in [2.45, 2.75) is 24.3 Å².